The van der Waals surface area contributed by atoms with Crippen molar-refractivity contribution in [1.82, 2.24) is 0 Å². The first kappa shape index (κ1) is 14.6. The molecule has 0 aliphatic heterocycles. The van der Waals surface area contributed by atoms with E-state index >= 15 is 0 Å². The molecule has 5 nitrogen and oxygen atoms in total. The van der Waals surface area contributed by atoms with Gasteiger partial charge in [-0.2, -0.15) is 0 Å². The predicted molar refractivity (Wildman–Crippen MR) is 81.0 cm³/mol. The molecule has 0 aliphatic carbocycles. The van der Waals surface area contributed by atoms with Gasteiger partial charge in [-0.3, -0.25) is 0 Å². The summed E-state index contributed by atoms with van der Waals surface area (Å²) >= 11 is 6.05. The molecule has 0 atom stereocenters. The van der Waals surface area contributed by atoms with Crippen LogP contribution in [0.4, 0.5) is 11.4 Å². The van der Waals surface area contributed by atoms with E-state index in [1.165, 1.54) is 12.1 Å². The zero-order chi connectivity index (χ0) is 14.8. The SMILES string of the molecule is Nc1cc(NCc2ccccc2Cl)cc(S(N)(=O)=O)c1. The molecule has 0 aromatic heterocycles. The van der Waals surface area contributed by atoms with Crippen molar-refractivity contribution in [3.63, 3.8) is 0 Å². The van der Waals surface area contributed by atoms with Gasteiger partial charge in [0.15, 0.2) is 0 Å². The van der Waals surface area contributed by atoms with Crippen molar-refractivity contribution in [2.75, 3.05) is 11.1 Å². The number of nitrogens with two attached hydrogens (primary N) is 2. The fourth-order valence-corrected chi connectivity index (χ4v) is 2.52. The lowest BCUT2D eigenvalue weighted by Gasteiger charge is -2.10. The van der Waals surface area contributed by atoms with Gasteiger partial charge in [-0.05, 0) is 29.8 Å². The Kier molecular flexibility index (Phi) is 4.17. The molecular formula is C13H14ClN3O2S. The van der Waals surface area contributed by atoms with Crippen molar-refractivity contribution < 1.29 is 8.42 Å². The molecule has 0 bridgehead atoms. The van der Waals surface area contributed by atoms with Crippen LogP contribution < -0.4 is 16.2 Å². The van der Waals surface area contributed by atoms with Crippen molar-refractivity contribution >= 4 is 33.0 Å². The van der Waals surface area contributed by atoms with Crippen LogP contribution in [0.1, 0.15) is 5.56 Å². The van der Waals surface area contributed by atoms with Gasteiger partial charge in [-0.1, -0.05) is 29.8 Å². The molecule has 5 N–H and O–H groups in total. The van der Waals surface area contributed by atoms with Crippen LogP contribution in [0, 0.1) is 0 Å². The number of benzene rings is 2. The largest absolute Gasteiger partial charge is 0.399 e. The molecule has 0 saturated heterocycles. The topological polar surface area (TPSA) is 98.2 Å². The second kappa shape index (κ2) is 5.70. The van der Waals surface area contributed by atoms with Crippen molar-refractivity contribution in [3.05, 3.63) is 53.1 Å². The van der Waals surface area contributed by atoms with Crippen LogP contribution in [0.2, 0.25) is 5.02 Å². The lowest BCUT2D eigenvalue weighted by atomic mass is 10.2. The summed E-state index contributed by atoms with van der Waals surface area (Å²) in [6, 6.07) is 11.8. The third-order valence-electron chi connectivity index (χ3n) is 2.70. The lowest BCUT2D eigenvalue weighted by molar-refractivity contribution is 0.598. The quantitative estimate of drug-likeness (QED) is 0.754. The van der Waals surface area contributed by atoms with Crippen molar-refractivity contribution in [1.29, 1.82) is 0 Å². The third-order valence-corrected chi connectivity index (χ3v) is 3.96. The van der Waals surface area contributed by atoms with Gasteiger partial charge in [0.05, 0.1) is 4.90 Å². The number of anilines is 2. The van der Waals surface area contributed by atoms with Gasteiger partial charge >= 0.3 is 0 Å². The summed E-state index contributed by atoms with van der Waals surface area (Å²) in [5.41, 5.74) is 7.45. The Bertz CT molecular complexity index is 732. The lowest BCUT2D eigenvalue weighted by Crippen LogP contribution is -2.13. The highest BCUT2D eigenvalue weighted by Gasteiger charge is 2.10. The number of primary sulfonamides is 1. The van der Waals surface area contributed by atoms with Gasteiger partial charge in [-0.15, -0.1) is 0 Å². The maximum absolute atomic E-state index is 11.3. The van der Waals surface area contributed by atoms with Crippen LogP contribution in [0.15, 0.2) is 47.4 Å². The molecule has 0 heterocycles. The predicted octanol–water partition coefficient (Wildman–Crippen LogP) is 2.18. The molecule has 20 heavy (non-hydrogen) atoms. The van der Waals surface area contributed by atoms with E-state index in [-0.39, 0.29) is 4.90 Å². The van der Waals surface area contributed by atoms with E-state index in [0.717, 1.165) is 5.56 Å². The Hall–Kier alpha value is -1.76. The molecule has 2 rings (SSSR count). The molecule has 0 spiro atoms. The molecule has 0 aliphatic rings. The first-order chi connectivity index (χ1) is 9.36. The summed E-state index contributed by atoms with van der Waals surface area (Å²) in [5, 5.41) is 8.80. The molecule has 106 valence electrons. The zero-order valence-corrected chi connectivity index (χ0v) is 12.1. The minimum absolute atomic E-state index is 0.0286. The van der Waals surface area contributed by atoms with E-state index in [1.807, 2.05) is 18.2 Å². The Morgan fingerprint density at radius 2 is 1.85 bits per heavy atom. The summed E-state index contributed by atoms with van der Waals surface area (Å²) in [5.74, 6) is 0. The molecule has 0 fully saturated rings. The minimum Gasteiger partial charge on any atom is -0.399 e. The zero-order valence-electron chi connectivity index (χ0n) is 10.5. The summed E-state index contributed by atoms with van der Waals surface area (Å²) in [6.45, 7) is 0.452. The number of sulfonamides is 1. The molecule has 2 aromatic carbocycles. The van der Waals surface area contributed by atoms with E-state index in [0.29, 0.717) is 22.9 Å². The summed E-state index contributed by atoms with van der Waals surface area (Å²) in [7, 11) is -3.78. The molecule has 0 radical (unpaired) electrons. The molecule has 0 saturated carbocycles. The highest BCUT2D eigenvalue weighted by molar-refractivity contribution is 7.89. The second-order valence-corrected chi connectivity index (χ2v) is 6.25. The maximum atomic E-state index is 11.3. The van der Waals surface area contributed by atoms with Crippen LogP contribution in [-0.4, -0.2) is 8.42 Å². The minimum atomic E-state index is -3.78. The number of hydrogen-bond donors (Lipinski definition) is 3. The average Bonchev–Trinajstić information content (AvgIpc) is 2.36. The number of rotatable bonds is 4. The Morgan fingerprint density at radius 3 is 2.50 bits per heavy atom. The fourth-order valence-electron chi connectivity index (χ4n) is 1.73. The van der Waals surface area contributed by atoms with Crippen LogP contribution >= 0.6 is 11.6 Å². The van der Waals surface area contributed by atoms with Crippen LogP contribution in [0.3, 0.4) is 0 Å². The molecule has 0 amide bonds. The molecular weight excluding hydrogens is 298 g/mol. The maximum Gasteiger partial charge on any atom is 0.238 e. The van der Waals surface area contributed by atoms with Gasteiger partial charge in [-0.25, -0.2) is 13.6 Å². The number of nitrogens with one attached hydrogen (secondary N) is 1. The smallest absolute Gasteiger partial charge is 0.238 e. The highest BCUT2D eigenvalue weighted by atomic mass is 35.5. The van der Waals surface area contributed by atoms with Crippen molar-refractivity contribution in [2.24, 2.45) is 5.14 Å². The number of halogens is 1. The van der Waals surface area contributed by atoms with Crippen molar-refractivity contribution in [2.45, 2.75) is 11.4 Å². The van der Waals surface area contributed by atoms with Gasteiger partial charge in [0.2, 0.25) is 10.0 Å². The van der Waals surface area contributed by atoms with Gasteiger partial charge in [0.1, 0.15) is 0 Å². The van der Waals surface area contributed by atoms with Gasteiger partial charge in [0, 0.05) is 22.9 Å². The normalized spacial score (nSPS) is 11.3. The van der Waals surface area contributed by atoms with E-state index in [1.54, 1.807) is 12.1 Å². The third kappa shape index (κ3) is 3.63. The molecule has 0 unspecified atom stereocenters. The van der Waals surface area contributed by atoms with Crippen LogP contribution in [-0.2, 0) is 16.6 Å². The molecule has 7 heteroatoms. The van der Waals surface area contributed by atoms with E-state index in [9.17, 15) is 8.42 Å². The number of nitrogen functional groups attached to an aromatic ring is 1. The fraction of sp³-hybridized carbons (Fsp3) is 0.0769. The summed E-state index contributed by atoms with van der Waals surface area (Å²) < 4.78 is 22.7. The standard InChI is InChI=1S/C13H14ClN3O2S/c14-13-4-2-1-3-9(13)8-17-11-5-10(15)6-12(7-11)20(16,18)19/h1-7,17H,8,15H2,(H2,16,18,19). The van der Waals surface area contributed by atoms with Gasteiger partial charge in [0.25, 0.3) is 0 Å². The Labute approximate surface area is 122 Å². The van der Waals surface area contributed by atoms with E-state index in [4.69, 9.17) is 22.5 Å². The van der Waals surface area contributed by atoms with Crippen molar-refractivity contribution in [3.8, 4) is 0 Å². The number of hydrogen-bond acceptors (Lipinski definition) is 4. The van der Waals surface area contributed by atoms with Crippen LogP contribution in [0.25, 0.3) is 0 Å². The van der Waals surface area contributed by atoms with E-state index in [2.05, 4.69) is 5.32 Å². The summed E-state index contributed by atoms with van der Waals surface area (Å²) in [4.78, 5) is -0.0286. The summed E-state index contributed by atoms with van der Waals surface area (Å²) in [6.07, 6.45) is 0. The van der Waals surface area contributed by atoms with E-state index < -0.39 is 10.0 Å². The monoisotopic (exact) mass is 311 g/mol. The average molecular weight is 312 g/mol. The van der Waals surface area contributed by atoms with Gasteiger partial charge < -0.3 is 11.1 Å². The first-order valence-electron chi connectivity index (χ1n) is 5.77. The Balaban J connectivity index is 2.22. The van der Waals surface area contributed by atoms with Crippen LogP contribution in [0.5, 0.6) is 0 Å². The Morgan fingerprint density at radius 1 is 1.15 bits per heavy atom. The molecule has 2 aromatic rings. The highest BCUT2D eigenvalue weighted by Crippen LogP contribution is 2.21. The second-order valence-electron chi connectivity index (χ2n) is 4.28. The first-order valence-corrected chi connectivity index (χ1v) is 7.69.